The Morgan fingerprint density at radius 1 is 1.14 bits per heavy atom. The van der Waals surface area contributed by atoms with Crippen molar-refractivity contribution < 1.29 is 14.6 Å². The second-order valence-electron chi connectivity index (χ2n) is 4.52. The highest BCUT2D eigenvalue weighted by Gasteiger charge is 2.08. The fourth-order valence-electron chi connectivity index (χ4n) is 1.11. The molecule has 3 nitrogen and oxygen atoms in total. The maximum atomic E-state index is 10.2. The molecule has 0 aromatic heterocycles. The zero-order valence-electron chi connectivity index (χ0n) is 9.51. The van der Waals surface area contributed by atoms with E-state index in [4.69, 9.17) is 9.84 Å². The van der Waals surface area contributed by atoms with Gasteiger partial charge in [-0.15, -0.1) is 0 Å². The Morgan fingerprint density at radius 3 is 2.21 bits per heavy atom. The minimum absolute atomic E-state index is 0.0545. The summed E-state index contributed by atoms with van der Waals surface area (Å²) in [4.78, 5) is 10.2. The van der Waals surface area contributed by atoms with Crippen molar-refractivity contribution in [3.8, 4) is 0 Å². The molecule has 0 rings (SSSR count). The van der Waals surface area contributed by atoms with Gasteiger partial charge in [0.1, 0.15) is 0 Å². The Labute approximate surface area is 86.5 Å². The highest BCUT2D eigenvalue weighted by Crippen LogP contribution is 2.09. The number of ether oxygens (including phenoxy) is 1. The topological polar surface area (TPSA) is 46.5 Å². The summed E-state index contributed by atoms with van der Waals surface area (Å²) >= 11 is 0. The van der Waals surface area contributed by atoms with Gasteiger partial charge in [0.15, 0.2) is 0 Å². The smallest absolute Gasteiger partial charge is 0.303 e. The number of carboxylic acid groups (broad SMARTS) is 1. The summed E-state index contributed by atoms with van der Waals surface area (Å²) in [7, 11) is 0. The van der Waals surface area contributed by atoms with Gasteiger partial charge >= 0.3 is 5.97 Å². The van der Waals surface area contributed by atoms with Gasteiger partial charge in [0.25, 0.3) is 0 Å². The number of hydrogen-bond acceptors (Lipinski definition) is 2. The minimum Gasteiger partial charge on any atom is -0.481 e. The van der Waals surface area contributed by atoms with Crippen molar-refractivity contribution in [1.29, 1.82) is 0 Å². The molecule has 0 aromatic rings. The van der Waals surface area contributed by atoms with Crippen LogP contribution in [0.1, 0.15) is 52.9 Å². The molecular weight excluding hydrogens is 180 g/mol. The highest BCUT2D eigenvalue weighted by molar-refractivity contribution is 5.66. The lowest BCUT2D eigenvalue weighted by atomic mass is 10.1. The van der Waals surface area contributed by atoms with Crippen LogP contribution in [0.25, 0.3) is 0 Å². The van der Waals surface area contributed by atoms with Crippen LogP contribution in [-0.2, 0) is 9.53 Å². The quantitative estimate of drug-likeness (QED) is 0.646. The van der Waals surface area contributed by atoms with Gasteiger partial charge in [-0.05, 0) is 33.6 Å². The van der Waals surface area contributed by atoms with Crippen molar-refractivity contribution in [3.05, 3.63) is 0 Å². The van der Waals surface area contributed by atoms with Crippen molar-refractivity contribution in [1.82, 2.24) is 0 Å². The zero-order valence-corrected chi connectivity index (χ0v) is 9.51. The fraction of sp³-hybridized carbons (Fsp3) is 0.909. The molecule has 84 valence electrons. The van der Waals surface area contributed by atoms with Gasteiger partial charge in [-0.3, -0.25) is 4.79 Å². The summed E-state index contributed by atoms with van der Waals surface area (Å²) in [5, 5.41) is 8.40. The van der Waals surface area contributed by atoms with Gasteiger partial charge in [-0.25, -0.2) is 0 Å². The minimum atomic E-state index is -0.698. The standard InChI is InChI=1S/C11H22O3/c1-11(2,3)14-9-7-5-4-6-8-10(12)13/h4-9H2,1-3H3,(H,12,13). The molecule has 0 spiro atoms. The van der Waals surface area contributed by atoms with E-state index in [1.54, 1.807) is 0 Å². The third kappa shape index (κ3) is 11.4. The van der Waals surface area contributed by atoms with E-state index in [0.29, 0.717) is 6.42 Å². The monoisotopic (exact) mass is 202 g/mol. The van der Waals surface area contributed by atoms with Crippen LogP contribution in [0.2, 0.25) is 0 Å². The molecule has 1 N–H and O–H groups in total. The third-order valence-electron chi connectivity index (χ3n) is 1.82. The first-order chi connectivity index (χ1) is 6.42. The molecule has 0 saturated heterocycles. The molecule has 0 aromatic carbocycles. The third-order valence-corrected chi connectivity index (χ3v) is 1.82. The van der Waals surface area contributed by atoms with Crippen molar-refractivity contribution in [2.75, 3.05) is 6.61 Å². The Morgan fingerprint density at radius 2 is 1.71 bits per heavy atom. The molecule has 0 amide bonds. The molecule has 0 aliphatic carbocycles. The predicted molar refractivity (Wildman–Crippen MR) is 56.4 cm³/mol. The van der Waals surface area contributed by atoms with Crippen molar-refractivity contribution in [3.63, 3.8) is 0 Å². The molecule has 0 bridgehead atoms. The lowest BCUT2D eigenvalue weighted by Gasteiger charge is -2.19. The van der Waals surface area contributed by atoms with Crippen LogP contribution >= 0.6 is 0 Å². The van der Waals surface area contributed by atoms with E-state index in [1.165, 1.54) is 0 Å². The van der Waals surface area contributed by atoms with Gasteiger partial charge in [0.05, 0.1) is 5.60 Å². The lowest BCUT2D eigenvalue weighted by molar-refractivity contribution is -0.137. The average molecular weight is 202 g/mol. The van der Waals surface area contributed by atoms with Gasteiger partial charge in [-0.1, -0.05) is 12.8 Å². The van der Waals surface area contributed by atoms with Crippen LogP contribution in [0, 0.1) is 0 Å². The Kier molecular flexibility index (Phi) is 6.54. The van der Waals surface area contributed by atoms with E-state index in [0.717, 1.165) is 32.3 Å². The van der Waals surface area contributed by atoms with Gasteiger partial charge in [0.2, 0.25) is 0 Å². The fourth-order valence-corrected chi connectivity index (χ4v) is 1.11. The van der Waals surface area contributed by atoms with Crippen LogP contribution in [0.4, 0.5) is 0 Å². The SMILES string of the molecule is CC(C)(C)OCCCCCCC(=O)O. The second-order valence-corrected chi connectivity index (χ2v) is 4.52. The summed E-state index contributed by atoms with van der Waals surface area (Å²) in [6.45, 7) is 6.89. The molecule has 0 radical (unpaired) electrons. The summed E-state index contributed by atoms with van der Waals surface area (Å²) in [6.07, 6.45) is 4.14. The highest BCUT2D eigenvalue weighted by atomic mass is 16.5. The van der Waals surface area contributed by atoms with Crippen molar-refractivity contribution >= 4 is 5.97 Å². The van der Waals surface area contributed by atoms with Crippen LogP contribution in [0.3, 0.4) is 0 Å². The van der Waals surface area contributed by atoms with Gasteiger partial charge in [-0.2, -0.15) is 0 Å². The van der Waals surface area contributed by atoms with Crippen molar-refractivity contribution in [2.45, 2.75) is 58.5 Å². The molecule has 0 unspecified atom stereocenters. The Balaban J connectivity index is 3.11. The number of carbonyl (C=O) groups is 1. The molecule has 0 fully saturated rings. The van der Waals surface area contributed by atoms with Crippen LogP contribution < -0.4 is 0 Å². The summed E-state index contributed by atoms with van der Waals surface area (Å²) < 4.78 is 5.54. The van der Waals surface area contributed by atoms with Gasteiger partial charge < -0.3 is 9.84 Å². The van der Waals surface area contributed by atoms with Crippen LogP contribution in [0.15, 0.2) is 0 Å². The van der Waals surface area contributed by atoms with E-state index in [-0.39, 0.29) is 5.60 Å². The molecule has 3 heteroatoms. The van der Waals surface area contributed by atoms with E-state index in [1.807, 2.05) is 20.8 Å². The first kappa shape index (κ1) is 13.4. The number of carboxylic acids is 1. The van der Waals surface area contributed by atoms with E-state index in [9.17, 15) is 4.79 Å². The zero-order chi connectivity index (χ0) is 11.0. The molecule has 0 saturated carbocycles. The van der Waals surface area contributed by atoms with E-state index < -0.39 is 5.97 Å². The maximum Gasteiger partial charge on any atom is 0.303 e. The summed E-state index contributed by atoms with van der Waals surface area (Å²) in [5.74, 6) is -0.698. The lowest BCUT2D eigenvalue weighted by Crippen LogP contribution is -2.19. The number of unbranched alkanes of at least 4 members (excludes halogenated alkanes) is 3. The molecule has 0 heterocycles. The number of hydrogen-bond donors (Lipinski definition) is 1. The average Bonchev–Trinajstić information content (AvgIpc) is 2.00. The van der Waals surface area contributed by atoms with E-state index in [2.05, 4.69) is 0 Å². The first-order valence-corrected chi connectivity index (χ1v) is 5.27. The van der Waals surface area contributed by atoms with Gasteiger partial charge in [0, 0.05) is 13.0 Å². The number of rotatable bonds is 7. The molecule has 0 aliphatic rings. The second kappa shape index (κ2) is 6.82. The largest absolute Gasteiger partial charge is 0.481 e. The van der Waals surface area contributed by atoms with Crippen LogP contribution in [0.5, 0.6) is 0 Å². The summed E-state index contributed by atoms with van der Waals surface area (Å²) in [6, 6.07) is 0. The first-order valence-electron chi connectivity index (χ1n) is 5.27. The normalized spacial score (nSPS) is 11.6. The molecule has 0 aliphatic heterocycles. The Hall–Kier alpha value is -0.570. The molecule has 14 heavy (non-hydrogen) atoms. The predicted octanol–water partition coefficient (Wildman–Crippen LogP) is 2.84. The molecular formula is C11H22O3. The summed E-state index contributed by atoms with van der Waals surface area (Å²) in [5.41, 5.74) is -0.0545. The van der Waals surface area contributed by atoms with E-state index >= 15 is 0 Å². The number of aliphatic carboxylic acids is 1. The molecule has 0 atom stereocenters. The maximum absolute atomic E-state index is 10.2. The Bertz CT molecular complexity index is 158. The van der Waals surface area contributed by atoms with Crippen LogP contribution in [-0.4, -0.2) is 23.3 Å². The van der Waals surface area contributed by atoms with Crippen molar-refractivity contribution in [2.24, 2.45) is 0 Å².